The lowest BCUT2D eigenvalue weighted by Crippen LogP contribution is -2.54. The van der Waals surface area contributed by atoms with Crippen molar-refractivity contribution in [2.45, 2.75) is 38.6 Å². The van der Waals surface area contributed by atoms with Gasteiger partial charge in [0.1, 0.15) is 0 Å². The predicted octanol–water partition coefficient (Wildman–Crippen LogP) is 2.15. The fraction of sp³-hybridized carbons (Fsp3) is 0.600. The van der Waals surface area contributed by atoms with Crippen LogP contribution in [0.1, 0.15) is 44.2 Å². The molecule has 2 saturated heterocycles. The molecule has 0 bridgehead atoms. The second kappa shape index (κ2) is 8.08. The van der Waals surface area contributed by atoms with E-state index >= 15 is 0 Å². The second-order valence-electron chi connectivity index (χ2n) is 7.61. The van der Waals surface area contributed by atoms with Gasteiger partial charge in [-0.15, -0.1) is 0 Å². The van der Waals surface area contributed by atoms with Crippen molar-refractivity contribution in [2.75, 3.05) is 32.8 Å². The highest BCUT2D eigenvalue weighted by molar-refractivity contribution is 5.77. The van der Waals surface area contributed by atoms with E-state index in [0.29, 0.717) is 32.6 Å². The first-order chi connectivity index (χ1) is 12.5. The van der Waals surface area contributed by atoms with E-state index in [-0.39, 0.29) is 30.0 Å². The Bertz CT molecular complexity index is 626. The Morgan fingerprint density at radius 1 is 1.23 bits per heavy atom. The first kappa shape index (κ1) is 18.7. The largest absolute Gasteiger partial charge is 0.395 e. The average Bonchev–Trinajstić information content (AvgIpc) is 2.66. The van der Waals surface area contributed by atoms with Crippen LogP contribution < -0.4 is 5.32 Å². The maximum absolute atomic E-state index is 12.6. The van der Waals surface area contributed by atoms with Gasteiger partial charge in [-0.25, -0.2) is 4.79 Å². The van der Waals surface area contributed by atoms with E-state index in [9.17, 15) is 9.59 Å². The Kier molecular flexibility index (Phi) is 5.81. The number of β-amino-alcohol motifs (C(OH)–C–C–N with tert-alkyl or cyclic N) is 1. The van der Waals surface area contributed by atoms with Gasteiger partial charge in [-0.1, -0.05) is 30.3 Å². The molecule has 2 fully saturated rings. The van der Waals surface area contributed by atoms with E-state index in [1.165, 1.54) is 0 Å². The van der Waals surface area contributed by atoms with Crippen LogP contribution in [0.4, 0.5) is 4.79 Å². The lowest BCUT2D eigenvalue weighted by molar-refractivity contribution is -0.139. The summed E-state index contributed by atoms with van der Waals surface area (Å²) < 4.78 is 0. The molecule has 3 rings (SSSR count). The number of hydrogen-bond acceptors (Lipinski definition) is 3. The van der Waals surface area contributed by atoms with E-state index in [1.807, 2.05) is 42.2 Å². The highest BCUT2D eigenvalue weighted by Gasteiger charge is 2.41. The number of carbonyl (C=O) groups is 2. The van der Waals surface area contributed by atoms with Crippen LogP contribution in [0.3, 0.4) is 0 Å². The number of aliphatic hydroxyl groups is 1. The van der Waals surface area contributed by atoms with Crippen LogP contribution >= 0.6 is 0 Å². The molecule has 2 aliphatic heterocycles. The number of rotatable bonds is 4. The number of nitrogens with zero attached hydrogens (tertiary/aromatic N) is 2. The highest BCUT2D eigenvalue weighted by atomic mass is 16.3. The number of carbonyl (C=O) groups excluding carboxylic acids is 2. The topological polar surface area (TPSA) is 72.9 Å². The van der Waals surface area contributed by atoms with Gasteiger partial charge in [-0.2, -0.15) is 0 Å². The smallest absolute Gasteiger partial charge is 0.317 e. The molecule has 0 unspecified atom stereocenters. The molecule has 0 aliphatic carbocycles. The minimum absolute atomic E-state index is 0.00766. The Morgan fingerprint density at radius 3 is 2.58 bits per heavy atom. The van der Waals surface area contributed by atoms with Gasteiger partial charge in [-0.05, 0) is 37.2 Å². The standard InChI is InChI=1S/C20H29N3O3/c1-16(17-5-3-2-4-6-17)21-19(26)22-11-9-20(10-12-22)8-7-18(25)23(15-20)13-14-24/h2-6,16,24H,7-15H2,1H3,(H,21,26)/t16-/m1/s1. The maximum atomic E-state index is 12.6. The molecule has 1 spiro atoms. The summed E-state index contributed by atoms with van der Waals surface area (Å²) >= 11 is 0. The number of piperidine rings is 2. The van der Waals surface area contributed by atoms with E-state index < -0.39 is 0 Å². The Morgan fingerprint density at radius 2 is 1.92 bits per heavy atom. The molecule has 2 N–H and O–H groups in total. The number of benzene rings is 1. The molecule has 6 heteroatoms. The van der Waals surface area contributed by atoms with Crippen LogP contribution in [-0.2, 0) is 4.79 Å². The molecule has 2 aliphatic rings. The summed E-state index contributed by atoms with van der Waals surface area (Å²) in [5.74, 6) is 0.140. The third-order valence-electron chi connectivity index (χ3n) is 5.87. The zero-order valence-electron chi connectivity index (χ0n) is 15.5. The molecular weight excluding hydrogens is 330 g/mol. The Hall–Kier alpha value is -2.08. The van der Waals surface area contributed by atoms with Gasteiger partial charge >= 0.3 is 6.03 Å². The van der Waals surface area contributed by atoms with Crippen LogP contribution in [0, 0.1) is 5.41 Å². The van der Waals surface area contributed by atoms with Crippen LogP contribution in [0.2, 0.25) is 0 Å². The number of urea groups is 1. The Labute approximate surface area is 155 Å². The molecule has 0 aromatic heterocycles. The summed E-state index contributed by atoms with van der Waals surface area (Å²) in [4.78, 5) is 28.2. The molecule has 1 aromatic rings. The monoisotopic (exact) mass is 359 g/mol. The third kappa shape index (κ3) is 4.18. The molecule has 26 heavy (non-hydrogen) atoms. The highest BCUT2D eigenvalue weighted by Crippen LogP contribution is 2.40. The zero-order chi connectivity index (χ0) is 18.6. The predicted molar refractivity (Wildman–Crippen MR) is 99.5 cm³/mol. The molecular formula is C20H29N3O3. The van der Waals surface area contributed by atoms with Crippen molar-refractivity contribution in [1.29, 1.82) is 0 Å². The number of nitrogens with one attached hydrogen (secondary N) is 1. The number of amides is 3. The number of aliphatic hydroxyl groups excluding tert-OH is 1. The molecule has 1 atom stereocenters. The number of likely N-dealkylation sites (tertiary alicyclic amines) is 2. The summed E-state index contributed by atoms with van der Waals surface area (Å²) in [7, 11) is 0. The van der Waals surface area contributed by atoms with Gasteiger partial charge in [0.2, 0.25) is 5.91 Å². The van der Waals surface area contributed by atoms with E-state index in [4.69, 9.17) is 5.11 Å². The fourth-order valence-corrected chi connectivity index (χ4v) is 4.12. The maximum Gasteiger partial charge on any atom is 0.317 e. The van der Waals surface area contributed by atoms with Crippen molar-refractivity contribution in [3.63, 3.8) is 0 Å². The summed E-state index contributed by atoms with van der Waals surface area (Å²) in [5.41, 5.74) is 1.20. The average molecular weight is 359 g/mol. The van der Waals surface area contributed by atoms with Crippen molar-refractivity contribution in [3.05, 3.63) is 35.9 Å². The van der Waals surface area contributed by atoms with Crippen molar-refractivity contribution < 1.29 is 14.7 Å². The van der Waals surface area contributed by atoms with Crippen molar-refractivity contribution in [3.8, 4) is 0 Å². The van der Waals surface area contributed by atoms with Gasteiger partial charge in [0.05, 0.1) is 12.6 Å². The van der Waals surface area contributed by atoms with Crippen LogP contribution in [0.25, 0.3) is 0 Å². The van der Waals surface area contributed by atoms with Crippen LogP contribution in [-0.4, -0.2) is 59.6 Å². The van der Waals surface area contributed by atoms with Crippen LogP contribution in [0.15, 0.2) is 30.3 Å². The summed E-state index contributed by atoms with van der Waals surface area (Å²) in [5, 5.41) is 12.2. The molecule has 1 aromatic carbocycles. The second-order valence-corrected chi connectivity index (χ2v) is 7.61. The quantitative estimate of drug-likeness (QED) is 0.865. The van der Waals surface area contributed by atoms with Gasteiger partial charge in [0.15, 0.2) is 0 Å². The first-order valence-electron chi connectivity index (χ1n) is 9.52. The minimum atomic E-state index is -0.0214. The minimum Gasteiger partial charge on any atom is -0.395 e. The van der Waals surface area contributed by atoms with Crippen molar-refractivity contribution >= 4 is 11.9 Å². The lowest BCUT2D eigenvalue weighted by atomic mass is 9.72. The first-order valence-corrected chi connectivity index (χ1v) is 9.52. The lowest BCUT2D eigenvalue weighted by Gasteiger charge is -2.47. The van der Waals surface area contributed by atoms with E-state index in [0.717, 1.165) is 24.8 Å². The normalized spacial score (nSPS) is 20.9. The Balaban J connectivity index is 1.53. The van der Waals surface area contributed by atoms with E-state index in [2.05, 4.69) is 5.32 Å². The zero-order valence-corrected chi connectivity index (χ0v) is 15.5. The molecule has 142 valence electrons. The molecule has 0 saturated carbocycles. The van der Waals surface area contributed by atoms with Crippen molar-refractivity contribution in [2.24, 2.45) is 5.41 Å². The number of hydrogen-bond donors (Lipinski definition) is 2. The summed E-state index contributed by atoms with van der Waals surface area (Å²) in [6.45, 7) is 4.57. The SMILES string of the molecule is C[C@@H](NC(=O)N1CCC2(CCC(=O)N(CCO)C2)CC1)c1ccccc1. The fourth-order valence-electron chi connectivity index (χ4n) is 4.12. The van der Waals surface area contributed by atoms with Gasteiger partial charge in [0.25, 0.3) is 0 Å². The molecule has 0 radical (unpaired) electrons. The molecule has 2 heterocycles. The summed E-state index contributed by atoms with van der Waals surface area (Å²) in [6.07, 6.45) is 3.27. The van der Waals surface area contributed by atoms with Gasteiger partial charge < -0.3 is 20.2 Å². The van der Waals surface area contributed by atoms with Crippen molar-refractivity contribution in [1.82, 2.24) is 15.1 Å². The van der Waals surface area contributed by atoms with Crippen LogP contribution in [0.5, 0.6) is 0 Å². The third-order valence-corrected chi connectivity index (χ3v) is 5.87. The van der Waals surface area contributed by atoms with E-state index in [1.54, 1.807) is 4.90 Å². The molecule has 3 amide bonds. The van der Waals surface area contributed by atoms with Gasteiger partial charge in [0, 0.05) is 32.6 Å². The summed E-state index contributed by atoms with van der Waals surface area (Å²) in [6, 6.07) is 9.92. The molecule has 6 nitrogen and oxygen atoms in total. The van der Waals surface area contributed by atoms with Gasteiger partial charge in [-0.3, -0.25) is 4.79 Å².